The molecule has 0 spiro atoms. The van der Waals surface area contributed by atoms with Crippen molar-refractivity contribution in [3.8, 4) is 0 Å². The molecule has 0 unspecified atom stereocenters. The molecule has 12 nitrogen and oxygen atoms in total. The number of ether oxygens (including phenoxy) is 4. The molecule has 0 amide bonds. The second-order valence-electron chi connectivity index (χ2n) is 11.1. The van der Waals surface area contributed by atoms with Crippen LogP contribution in [0.1, 0.15) is 96.8 Å². The van der Waals surface area contributed by atoms with E-state index in [1.54, 1.807) is 0 Å². The van der Waals surface area contributed by atoms with E-state index in [2.05, 4.69) is 6.92 Å². The molecule has 0 aliphatic carbocycles. The molecule has 9 atom stereocenters. The minimum Gasteiger partial charge on any atom is -0.463 e. The molecular weight excluding hydrogens is 528 g/mol. The topological polar surface area (TPSA) is 196 Å². The van der Waals surface area contributed by atoms with Crippen LogP contribution in [0.4, 0.5) is 0 Å². The monoisotopic (exact) mass is 580 g/mol. The molecule has 236 valence electrons. The predicted molar refractivity (Wildman–Crippen MR) is 143 cm³/mol. The summed E-state index contributed by atoms with van der Waals surface area (Å²) in [5.74, 6) is -2.76. The van der Waals surface area contributed by atoms with E-state index in [1.807, 2.05) is 0 Å². The average molecular weight is 581 g/mol. The summed E-state index contributed by atoms with van der Waals surface area (Å²) in [7, 11) is 0. The van der Waals surface area contributed by atoms with E-state index in [1.165, 1.54) is 57.8 Å². The van der Waals surface area contributed by atoms with Gasteiger partial charge < -0.3 is 54.7 Å². The van der Waals surface area contributed by atoms with E-state index in [4.69, 9.17) is 18.9 Å². The first-order chi connectivity index (χ1) is 19.2. The maximum absolute atomic E-state index is 12.2. The molecule has 0 radical (unpaired) electrons. The van der Waals surface area contributed by atoms with Crippen molar-refractivity contribution in [3.05, 3.63) is 0 Å². The zero-order valence-electron chi connectivity index (χ0n) is 23.8. The molecule has 40 heavy (non-hydrogen) atoms. The second-order valence-corrected chi connectivity index (χ2v) is 11.1. The number of carbonyl (C=O) groups excluding carboxylic acids is 1. The summed E-state index contributed by atoms with van der Waals surface area (Å²) < 4.78 is 21.4. The van der Waals surface area contributed by atoms with E-state index in [9.17, 15) is 40.5 Å². The Kier molecular flexibility index (Phi) is 16.4. The van der Waals surface area contributed by atoms with Gasteiger partial charge >= 0.3 is 5.97 Å². The fourth-order valence-corrected chi connectivity index (χ4v) is 5.15. The highest BCUT2D eigenvalue weighted by Gasteiger charge is 2.58. The van der Waals surface area contributed by atoms with Gasteiger partial charge in [-0.1, -0.05) is 84.0 Å². The van der Waals surface area contributed by atoms with Crippen molar-refractivity contribution in [2.24, 2.45) is 0 Å². The van der Waals surface area contributed by atoms with E-state index in [0.717, 1.165) is 19.3 Å². The smallest absolute Gasteiger partial charge is 0.305 e. The first kappa shape index (κ1) is 35.3. The Morgan fingerprint density at radius 1 is 0.725 bits per heavy atom. The van der Waals surface area contributed by atoms with E-state index < -0.39 is 80.6 Å². The third-order valence-electron chi connectivity index (χ3n) is 7.78. The van der Waals surface area contributed by atoms with Crippen LogP contribution in [0.3, 0.4) is 0 Å². The van der Waals surface area contributed by atoms with Crippen molar-refractivity contribution in [2.75, 3.05) is 19.8 Å². The number of hydrogen-bond donors (Lipinski definition) is 7. The Morgan fingerprint density at radius 2 is 1.27 bits per heavy atom. The zero-order valence-corrected chi connectivity index (χ0v) is 23.8. The third-order valence-corrected chi connectivity index (χ3v) is 7.78. The van der Waals surface area contributed by atoms with Gasteiger partial charge in [0, 0.05) is 6.42 Å². The van der Waals surface area contributed by atoms with Crippen LogP contribution in [-0.2, 0) is 23.7 Å². The number of rotatable bonds is 20. The second kappa shape index (κ2) is 18.6. The Hall–Kier alpha value is -0.930. The molecule has 0 aromatic heterocycles. The maximum atomic E-state index is 12.2. The molecule has 12 heteroatoms. The van der Waals surface area contributed by atoms with Crippen LogP contribution < -0.4 is 0 Å². The van der Waals surface area contributed by atoms with Gasteiger partial charge in [0.15, 0.2) is 6.29 Å². The summed E-state index contributed by atoms with van der Waals surface area (Å²) in [6, 6.07) is 0. The van der Waals surface area contributed by atoms with Crippen LogP contribution in [0.15, 0.2) is 0 Å². The first-order valence-corrected chi connectivity index (χ1v) is 15.0. The minimum atomic E-state index is -2.28. The van der Waals surface area contributed by atoms with Gasteiger partial charge in [0.1, 0.15) is 55.9 Å². The Labute approximate surface area is 237 Å². The van der Waals surface area contributed by atoms with Crippen LogP contribution in [-0.4, -0.2) is 116 Å². The lowest BCUT2D eigenvalue weighted by molar-refractivity contribution is -0.383. The molecule has 0 bridgehead atoms. The Balaban J connectivity index is 1.65. The van der Waals surface area contributed by atoms with Gasteiger partial charge in [0.2, 0.25) is 5.79 Å². The molecule has 2 saturated heterocycles. The van der Waals surface area contributed by atoms with Gasteiger partial charge in [-0.3, -0.25) is 4.79 Å². The van der Waals surface area contributed by atoms with Crippen molar-refractivity contribution in [2.45, 2.75) is 152 Å². The molecule has 7 N–H and O–H groups in total. The molecule has 2 heterocycles. The van der Waals surface area contributed by atoms with Crippen molar-refractivity contribution < 1.29 is 59.5 Å². The van der Waals surface area contributed by atoms with Crippen LogP contribution in [0, 0.1) is 0 Å². The summed E-state index contributed by atoms with van der Waals surface area (Å²) >= 11 is 0. The lowest BCUT2D eigenvalue weighted by atomic mass is 9.99. The predicted octanol–water partition coefficient (Wildman–Crippen LogP) is 0.637. The average Bonchev–Trinajstić information content (AvgIpc) is 3.19. The SMILES string of the molecule is CCCCCCCCCCCCCCCC(=O)OC[C@H]1O[C@](CO)(O[C@H]2O[C@@H](CO)[C@@H](O)[C@@H](O)[C@H]2O)[C@@H](O)[C@@H]1O. The quantitative estimate of drug-likeness (QED) is 0.0785. The highest BCUT2D eigenvalue weighted by molar-refractivity contribution is 5.69. The van der Waals surface area contributed by atoms with Crippen LogP contribution >= 0.6 is 0 Å². The normalized spacial score (nSPS) is 34.3. The first-order valence-electron chi connectivity index (χ1n) is 15.0. The van der Waals surface area contributed by atoms with E-state index in [0.29, 0.717) is 6.42 Å². The number of carbonyl (C=O) groups is 1. The summed E-state index contributed by atoms with van der Waals surface area (Å²) in [6.07, 6.45) is 2.77. The zero-order chi connectivity index (χ0) is 29.5. The van der Waals surface area contributed by atoms with Crippen LogP contribution in [0.5, 0.6) is 0 Å². The van der Waals surface area contributed by atoms with Crippen molar-refractivity contribution in [1.29, 1.82) is 0 Å². The molecule has 0 aromatic rings. The van der Waals surface area contributed by atoms with Crippen LogP contribution in [0.2, 0.25) is 0 Å². The van der Waals surface area contributed by atoms with E-state index >= 15 is 0 Å². The molecule has 2 rings (SSSR count). The molecule has 0 saturated carbocycles. The van der Waals surface area contributed by atoms with Gasteiger partial charge in [-0.05, 0) is 6.42 Å². The third kappa shape index (κ3) is 10.4. The van der Waals surface area contributed by atoms with Crippen LogP contribution in [0.25, 0.3) is 0 Å². The molecular formula is C28H52O12. The van der Waals surface area contributed by atoms with Crippen molar-refractivity contribution >= 4 is 5.97 Å². The number of unbranched alkanes of at least 4 members (excludes halogenated alkanes) is 12. The standard InChI is InChI=1S/C28H52O12/c1-2-3-4-5-6-7-8-9-10-11-12-13-14-15-21(31)37-17-20-23(33)26(36)28(18-30,39-20)40-27-25(35)24(34)22(32)19(16-29)38-27/h19-20,22-27,29-30,32-36H,2-18H2,1H3/t19-,20+,22+,23+,24+,25+,26-,27+,28+/m0/s1. The molecule has 0 aromatic carbocycles. The largest absolute Gasteiger partial charge is 0.463 e. The van der Waals surface area contributed by atoms with E-state index in [-0.39, 0.29) is 6.42 Å². The minimum absolute atomic E-state index is 0.204. The number of esters is 1. The fourth-order valence-electron chi connectivity index (χ4n) is 5.15. The summed E-state index contributed by atoms with van der Waals surface area (Å²) in [6.45, 7) is 0.129. The summed E-state index contributed by atoms with van der Waals surface area (Å²) in [5, 5.41) is 70.3. The van der Waals surface area contributed by atoms with Gasteiger partial charge in [0.05, 0.1) is 6.61 Å². The van der Waals surface area contributed by atoms with Crippen molar-refractivity contribution in [1.82, 2.24) is 0 Å². The summed E-state index contributed by atoms with van der Waals surface area (Å²) in [5.41, 5.74) is 0. The number of hydrogen-bond acceptors (Lipinski definition) is 12. The Morgan fingerprint density at radius 3 is 1.80 bits per heavy atom. The maximum Gasteiger partial charge on any atom is 0.305 e. The number of aliphatic hydroxyl groups is 7. The molecule has 2 aliphatic rings. The van der Waals surface area contributed by atoms with Gasteiger partial charge in [-0.2, -0.15) is 0 Å². The lowest BCUT2D eigenvalue weighted by Crippen LogP contribution is -2.62. The molecule has 2 fully saturated rings. The fraction of sp³-hybridized carbons (Fsp3) is 0.964. The molecule has 2 aliphatic heterocycles. The van der Waals surface area contributed by atoms with Gasteiger partial charge in [-0.15, -0.1) is 0 Å². The van der Waals surface area contributed by atoms with Gasteiger partial charge in [0.25, 0.3) is 0 Å². The number of aliphatic hydroxyl groups excluding tert-OH is 7. The lowest BCUT2D eigenvalue weighted by Gasteiger charge is -2.43. The summed E-state index contributed by atoms with van der Waals surface area (Å²) in [4.78, 5) is 12.2. The highest BCUT2D eigenvalue weighted by Crippen LogP contribution is 2.36. The highest BCUT2D eigenvalue weighted by atomic mass is 16.8. The van der Waals surface area contributed by atoms with Crippen molar-refractivity contribution in [3.63, 3.8) is 0 Å². The van der Waals surface area contributed by atoms with Gasteiger partial charge in [-0.25, -0.2) is 0 Å². The Bertz CT molecular complexity index is 694.